The number of methoxy groups -OCH3 is 1. The predicted molar refractivity (Wildman–Crippen MR) is 108 cm³/mol. The minimum absolute atomic E-state index is 0.0203. The van der Waals surface area contributed by atoms with E-state index < -0.39 is 53.5 Å². The molecule has 0 amide bonds. The van der Waals surface area contributed by atoms with Gasteiger partial charge in [0.2, 0.25) is 5.79 Å². The number of nitrogens with two attached hydrogens (primary N) is 1. The van der Waals surface area contributed by atoms with E-state index in [2.05, 4.69) is 28.2 Å². The standard InChI is InChI=1S/C13H19N6O13P3/c1-12(5-14)9(20)7(4-29-34(24,25)32-35(26,27)31-33(21,22)23)30-13(12,28-2)8-3-16-11-10(15)17-6-18-19(8)11/h3,6-7,9,20H,4H2,1-2H3,(H,24,25)(H,26,27)(H2,15,17,18)(H2,21,22,23)/t7-,9-,12?,13+/m1/s1. The van der Waals surface area contributed by atoms with Crippen LogP contribution in [0.4, 0.5) is 5.82 Å². The summed E-state index contributed by atoms with van der Waals surface area (Å²) in [4.78, 5) is 43.9. The van der Waals surface area contributed by atoms with E-state index >= 15 is 0 Å². The summed E-state index contributed by atoms with van der Waals surface area (Å²) >= 11 is 0. The number of rotatable bonds is 9. The SMILES string of the molecule is CO[C@@]1(c2cnc3c(N)ncnn23)O[C@H](COP(=O)(O)OP(=O)(O)OP(=O)(O)O)[C@@H](O)C1(C)C#N. The lowest BCUT2D eigenvalue weighted by Gasteiger charge is -2.36. The third-order valence-electron chi connectivity index (χ3n) is 4.95. The Kier molecular flexibility index (Phi) is 7.30. The Morgan fingerprint density at radius 3 is 2.46 bits per heavy atom. The number of phosphoric ester groups is 1. The summed E-state index contributed by atoms with van der Waals surface area (Å²) in [5, 5.41) is 24.7. The molecule has 3 unspecified atom stereocenters. The summed E-state index contributed by atoms with van der Waals surface area (Å²) in [7, 11) is -15.8. The van der Waals surface area contributed by atoms with Gasteiger partial charge in [-0.25, -0.2) is 28.2 Å². The van der Waals surface area contributed by atoms with Crippen molar-refractivity contribution in [3.8, 4) is 6.07 Å². The fraction of sp³-hybridized carbons (Fsp3) is 0.538. The highest BCUT2D eigenvalue weighted by molar-refractivity contribution is 7.66. The Morgan fingerprint density at radius 1 is 1.23 bits per heavy atom. The minimum Gasteiger partial charge on any atom is -0.388 e. The molecule has 0 radical (unpaired) electrons. The van der Waals surface area contributed by atoms with E-state index in [-0.39, 0.29) is 17.2 Å². The first kappa shape index (κ1) is 27.7. The maximum atomic E-state index is 12.0. The lowest BCUT2D eigenvalue weighted by atomic mass is 9.77. The molecule has 0 spiro atoms. The van der Waals surface area contributed by atoms with Crippen LogP contribution in [0.15, 0.2) is 12.5 Å². The normalized spacial score (nSPS) is 30.6. The first-order chi connectivity index (χ1) is 16.0. The van der Waals surface area contributed by atoms with Crippen LogP contribution in [0, 0.1) is 16.7 Å². The Labute approximate surface area is 195 Å². The lowest BCUT2D eigenvalue weighted by Crippen LogP contribution is -2.47. The first-order valence-corrected chi connectivity index (χ1v) is 13.6. The van der Waals surface area contributed by atoms with Crippen molar-refractivity contribution in [2.45, 2.75) is 24.9 Å². The van der Waals surface area contributed by atoms with Crippen molar-refractivity contribution in [2.24, 2.45) is 5.41 Å². The fourth-order valence-corrected chi connectivity index (χ4v) is 6.48. The molecule has 0 saturated carbocycles. The lowest BCUT2D eigenvalue weighted by molar-refractivity contribution is -0.258. The summed E-state index contributed by atoms with van der Waals surface area (Å²) in [6.45, 7) is 0.205. The van der Waals surface area contributed by atoms with Crippen LogP contribution < -0.4 is 5.73 Å². The Bertz CT molecular complexity index is 1310. The second-order valence-electron chi connectivity index (χ2n) is 7.15. The molecule has 3 heterocycles. The maximum Gasteiger partial charge on any atom is 0.490 e. The highest BCUT2D eigenvalue weighted by atomic mass is 31.3. The molecule has 1 aliphatic heterocycles. The van der Waals surface area contributed by atoms with Gasteiger partial charge < -0.3 is 39.9 Å². The predicted octanol–water partition coefficient (Wildman–Crippen LogP) is -0.861. The van der Waals surface area contributed by atoms with Gasteiger partial charge in [-0.15, -0.1) is 0 Å². The van der Waals surface area contributed by atoms with Crippen LogP contribution in [0.5, 0.6) is 0 Å². The number of imidazole rings is 1. The molecule has 3 rings (SSSR count). The van der Waals surface area contributed by atoms with Gasteiger partial charge in [0.05, 0.1) is 18.9 Å². The molecule has 7 N–H and O–H groups in total. The summed E-state index contributed by atoms with van der Waals surface area (Å²) in [5.41, 5.74) is 3.88. The quantitative estimate of drug-likeness (QED) is 0.203. The molecule has 1 fully saturated rings. The molecule has 0 aromatic carbocycles. The van der Waals surface area contributed by atoms with Gasteiger partial charge in [-0.2, -0.15) is 19.0 Å². The zero-order valence-corrected chi connectivity index (χ0v) is 20.4. The van der Waals surface area contributed by atoms with E-state index in [1.807, 2.05) is 6.07 Å². The van der Waals surface area contributed by atoms with Crippen molar-refractivity contribution in [3.63, 3.8) is 0 Å². The minimum atomic E-state index is -5.77. The number of ether oxygens (including phenoxy) is 2. The van der Waals surface area contributed by atoms with Crippen molar-refractivity contribution >= 4 is 34.9 Å². The molecule has 6 atom stereocenters. The largest absolute Gasteiger partial charge is 0.490 e. The number of aromatic nitrogens is 4. The molecule has 1 saturated heterocycles. The summed E-state index contributed by atoms with van der Waals surface area (Å²) in [6, 6.07) is 1.87. The van der Waals surface area contributed by atoms with E-state index in [9.17, 15) is 33.9 Å². The van der Waals surface area contributed by atoms with E-state index in [1.165, 1.54) is 13.1 Å². The van der Waals surface area contributed by atoms with Crippen LogP contribution in [0.2, 0.25) is 0 Å². The van der Waals surface area contributed by atoms with Gasteiger partial charge in [0.25, 0.3) is 0 Å². The Hall–Kier alpha value is -1.87. The second kappa shape index (κ2) is 9.21. The average molecular weight is 560 g/mol. The molecule has 22 heteroatoms. The van der Waals surface area contributed by atoms with Crippen LogP contribution in [0.1, 0.15) is 12.6 Å². The molecule has 0 bridgehead atoms. The molecule has 2 aromatic heterocycles. The van der Waals surface area contributed by atoms with Crippen molar-refractivity contribution in [2.75, 3.05) is 19.5 Å². The molecular weight excluding hydrogens is 541 g/mol. The summed E-state index contributed by atoms with van der Waals surface area (Å²) in [5.74, 6) is -2.13. The van der Waals surface area contributed by atoms with Crippen LogP contribution in [-0.4, -0.2) is 70.2 Å². The highest BCUT2D eigenvalue weighted by Crippen LogP contribution is 2.66. The summed E-state index contributed by atoms with van der Waals surface area (Å²) < 4.78 is 58.4. The first-order valence-electron chi connectivity index (χ1n) is 9.06. The number of nitriles is 1. The van der Waals surface area contributed by atoms with Crippen molar-refractivity contribution < 1.29 is 61.0 Å². The molecule has 35 heavy (non-hydrogen) atoms. The van der Waals surface area contributed by atoms with E-state index in [4.69, 9.17) is 25.0 Å². The molecular formula is C13H19N6O13P3. The van der Waals surface area contributed by atoms with Gasteiger partial charge >= 0.3 is 23.5 Å². The number of nitrogen functional groups attached to an aromatic ring is 1. The number of anilines is 1. The molecule has 0 aliphatic carbocycles. The van der Waals surface area contributed by atoms with Gasteiger partial charge in [0.1, 0.15) is 29.6 Å². The number of nitrogens with zero attached hydrogens (tertiary/aromatic N) is 5. The van der Waals surface area contributed by atoms with E-state index in [1.54, 1.807) is 0 Å². The number of phosphoric acid groups is 3. The van der Waals surface area contributed by atoms with Gasteiger partial charge in [0.15, 0.2) is 11.5 Å². The van der Waals surface area contributed by atoms with Crippen molar-refractivity contribution in [1.82, 2.24) is 19.6 Å². The van der Waals surface area contributed by atoms with Crippen molar-refractivity contribution in [3.05, 3.63) is 18.2 Å². The zero-order valence-electron chi connectivity index (χ0n) is 17.7. The molecule has 19 nitrogen and oxygen atoms in total. The van der Waals surface area contributed by atoms with Crippen LogP contribution in [-0.2, 0) is 42.1 Å². The highest BCUT2D eigenvalue weighted by Gasteiger charge is 2.67. The third kappa shape index (κ3) is 5.17. The zero-order chi connectivity index (χ0) is 26.4. The van der Waals surface area contributed by atoms with Gasteiger partial charge in [0, 0.05) is 7.11 Å². The molecule has 194 valence electrons. The molecule has 1 aliphatic rings. The maximum absolute atomic E-state index is 12.0. The third-order valence-corrected chi connectivity index (χ3v) is 8.75. The van der Waals surface area contributed by atoms with Crippen molar-refractivity contribution in [1.29, 1.82) is 5.26 Å². The van der Waals surface area contributed by atoms with Crippen LogP contribution in [0.3, 0.4) is 0 Å². The molecule has 2 aromatic rings. The van der Waals surface area contributed by atoms with E-state index in [0.717, 1.165) is 18.0 Å². The Morgan fingerprint density at radius 2 is 1.89 bits per heavy atom. The summed E-state index contributed by atoms with van der Waals surface area (Å²) in [6.07, 6.45) is -1.10. The second-order valence-corrected chi connectivity index (χ2v) is 11.6. The topological polar surface area (TPSA) is 291 Å². The van der Waals surface area contributed by atoms with Gasteiger partial charge in [-0.05, 0) is 6.92 Å². The number of hydrogen-bond donors (Lipinski definition) is 6. The average Bonchev–Trinajstić information content (AvgIpc) is 3.24. The number of fused-ring (bicyclic) bond motifs is 1. The van der Waals surface area contributed by atoms with E-state index in [0.29, 0.717) is 0 Å². The Balaban J connectivity index is 1.90. The number of aliphatic hydroxyl groups excluding tert-OH is 1. The van der Waals surface area contributed by atoms with Gasteiger partial charge in [-0.3, -0.25) is 4.52 Å². The monoisotopic (exact) mass is 560 g/mol. The van der Waals surface area contributed by atoms with Crippen LogP contribution in [0.25, 0.3) is 5.65 Å². The smallest absolute Gasteiger partial charge is 0.388 e. The van der Waals surface area contributed by atoms with Gasteiger partial charge in [-0.1, -0.05) is 0 Å². The number of hydrogen-bond acceptors (Lipinski definition) is 14. The van der Waals surface area contributed by atoms with Crippen LogP contribution >= 0.6 is 23.5 Å². The number of aliphatic hydroxyl groups is 1. The fourth-order valence-electron chi connectivity index (χ4n) is 3.45.